The lowest BCUT2D eigenvalue weighted by Crippen LogP contribution is -2.22. The lowest BCUT2D eigenvalue weighted by Gasteiger charge is -2.31. The fourth-order valence-electron chi connectivity index (χ4n) is 5.82. The smallest absolute Gasteiger partial charge is 0.137 e. The molecule has 184 valence electrons. The molecule has 0 aliphatic carbocycles. The van der Waals surface area contributed by atoms with Gasteiger partial charge >= 0.3 is 0 Å². The van der Waals surface area contributed by atoms with Crippen LogP contribution >= 0.6 is 11.6 Å². The summed E-state index contributed by atoms with van der Waals surface area (Å²) in [4.78, 5) is 5.64. The van der Waals surface area contributed by atoms with E-state index < -0.39 is 0 Å². The fourth-order valence-corrected chi connectivity index (χ4v) is 6.03. The van der Waals surface area contributed by atoms with Crippen LogP contribution in [-0.4, -0.2) is 5.71 Å². The Balaban J connectivity index is 1.60. The van der Waals surface area contributed by atoms with E-state index in [1.165, 1.54) is 16.7 Å². The van der Waals surface area contributed by atoms with Crippen LogP contribution in [0.1, 0.15) is 49.4 Å². The predicted octanol–water partition coefficient (Wildman–Crippen LogP) is 9.92. The van der Waals surface area contributed by atoms with Crippen LogP contribution in [0.15, 0.2) is 113 Å². The third kappa shape index (κ3) is 4.40. The van der Waals surface area contributed by atoms with Crippen LogP contribution in [0.25, 0.3) is 27.5 Å². The van der Waals surface area contributed by atoms with Gasteiger partial charge in [0, 0.05) is 45.0 Å². The quantitative estimate of drug-likeness (QED) is 0.239. The molecule has 3 atom stereocenters. The van der Waals surface area contributed by atoms with E-state index in [0.29, 0.717) is 5.02 Å². The summed E-state index contributed by atoms with van der Waals surface area (Å²) in [7, 11) is 0. The number of hydrogen-bond donors (Lipinski definition) is 0. The molecular weight excluding hydrogens is 474 g/mol. The molecule has 2 heterocycles. The summed E-state index contributed by atoms with van der Waals surface area (Å²) in [5, 5.41) is 2.87. The number of rotatable bonds is 4. The van der Waals surface area contributed by atoms with Crippen LogP contribution in [-0.2, 0) is 0 Å². The van der Waals surface area contributed by atoms with Gasteiger partial charge in [-0.15, -0.1) is 0 Å². The molecule has 3 unspecified atom stereocenters. The number of allylic oxidation sites excluding steroid dienone is 1. The van der Waals surface area contributed by atoms with E-state index in [-0.39, 0.29) is 17.9 Å². The van der Waals surface area contributed by atoms with Crippen molar-refractivity contribution in [1.29, 1.82) is 0 Å². The molecular formula is C34H30ClNO. The zero-order valence-corrected chi connectivity index (χ0v) is 22.0. The average molecular weight is 504 g/mol. The first-order chi connectivity index (χ1) is 18.1. The molecule has 1 aliphatic heterocycles. The van der Waals surface area contributed by atoms with Gasteiger partial charge in [-0.3, -0.25) is 4.99 Å². The van der Waals surface area contributed by atoms with Gasteiger partial charge in [0.15, 0.2) is 0 Å². The Bertz CT molecular complexity index is 1610. The summed E-state index contributed by atoms with van der Waals surface area (Å²) in [6.45, 7) is 4.56. The van der Waals surface area contributed by atoms with Crippen LogP contribution < -0.4 is 0 Å². The van der Waals surface area contributed by atoms with Crippen LogP contribution in [0, 0.1) is 11.8 Å². The number of hydrogen-bond acceptors (Lipinski definition) is 2. The van der Waals surface area contributed by atoms with Gasteiger partial charge in [0.25, 0.3) is 0 Å². The molecule has 0 saturated carbocycles. The summed E-state index contributed by atoms with van der Waals surface area (Å²) < 4.78 is 6.23. The molecule has 0 fully saturated rings. The predicted molar refractivity (Wildman–Crippen MR) is 156 cm³/mol. The van der Waals surface area contributed by atoms with E-state index >= 15 is 0 Å². The van der Waals surface area contributed by atoms with E-state index in [0.717, 1.165) is 46.1 Å². The maximum absolute atomic E-state index is 6.68. The highest BCUT2D eigenvalue weighted by Gasteiger charge is 2.30. The molecule has 6 rings (SSSR count). The van der Waals surface area contributed by atoms with Crippen molar-refractivity contribution < 1.29 is 4.42 Å². The van der Waals surface area contributed by atoms with Crippen molar-refractivity contribution in [3.05, 3.63) is 125 Å². The summed E-state index contributed by atoms with van der Waals surface area (Å²) in [6.07, 6.45) is 4.35. The van der Waals surface area contributed by atoms with Crippen molar-refractivity contribution >= 4 is 44.8 Å². The third-order valence-corrected chi connectivity index (χ3v) is 7.84. The zero-order valence-electron chi connectivity index (χ0n) is 21.2. The minimum Gasteiger partial charge on any atom is -0.456 e. The Labute approximate surface area is 223 Å². The number of para-hydroxylation sites is 1. The molecule has 0 radical (unpaired) electrons. The Morgan fingerprint density at radius 2 is 1.57 bits per heavy atom. The van der Waals surface area contributed by atoms with Crippen molar-refractivity contribution in [2.75, 3.05) is 0 Å². The van der Waals surface area contributed by atoms with Crippen LogP contribution in [0.4, 0.5) is 0 Å². The largest absolute Gasteiger partial charge is 0.456 e. The molecule has 0 saturated heterocycles. The molecule has 0 bridgehead atoms. The highest BCUT2D eigenvalue weighted by atomic mass is 35.5. The molecule has 0 N–H and O–H groups in total. The van der Waals surface area contributed by atoms with Crippen molar-refractivity contribution in [2.45, 2.75) is 32.7 Å². The second-order valence-corrected chi connectivity index (χ2v) is 10.4. The number of halogens is 1. The van der Waals surface area contributed by atoms with Gasteiger partial charge in [0.05, 0.1) is 6.04 Å². The van der Waals surface area contributed by atoms with E-state index in [4.69, 9.17) is 21.0 Å². The van der Waals surface area contributed by atoms with Crippen LogP contribution in [0.5, 0.6) is 0 Å². The summed E-state index contributed by atoms with van der Waals surface area (Å²) >= 11 is 6.68. The molecule has 4 aromatic carbocycles. The van der Waals surface area contributed by atoms with Crippen molar-refractivity contribution in [1.82, 2.24) is 0 Å². The standard InChI is InChI=1S/C34H30ClNO/c1-3-26-27(23-12-6-4-7-13-23)19-18-22(2)33(36-34(26)24-14-8-5-9-15-24)29-20-25(35)21-31-32(29)28-16-10-11-17-30(28)37-31/h4-17,19-22,26,34H,3,18H2,1-2H3/b27-19+,36-33+. The first kappa shape index (κ1) is 23.8. The molecule has 0 amide bonds. The Hall–Kier alpha value is -3.62. The number of benzene rings is 4. The summed E-state index contributed by atoms with van der Waals surface area (Å²) in [6, 6.07) is 33.7. The zero-order chi connectivity index (χ0) is 25.4. The molecule has 0 spiro atoms. The first-order valence-corrected chi connectivity index (χ1v) is 13.5. The van der Waals surface area contributed by atoms with E-state index in [2.05, 4.69) is 98.8 Å². The lowest BCUT2D eigenvalue weighted by atomic mass is 9.78. The molecule has 1 aliphatic rings. The van der Waals surface area contributed by atoms with Gasteiger partial charge in [-0.05, 0) is 41.7 Å². The SMILES string of the molecule is CCC1/C(c2ccccc2)=C/CC(C)/C(c2cc(Cl)cc3oc4ccccc4c23)=N\C1c1ccccc1. The van der Waals surface area contributed by atoms with Gasteiger partial charge in [0.1, 0.15) is 11.2 Å². The highest BCUT2D eigenvalue weighted by molar-refractivity contribution is 6.33. The van der Waals surface area contributed by atoms with E-state index in [1.807, 2.05) is 18.2 Å². The maximum atomic E-state index is 6.68. The number of nitrogens with zero attached hydrogens (tertiary/aromatic N) is 1. The Kier molecular flexibility index (Phi) is 6.44. The van der Waals surface area contributed by atoms with Gasteiger partial charge in [0.2, 0.25) is 0 Å². The summed E-state index contributed by atoms with van der Waals surface area (Å²) in [5.41, 5.74) is 7.76. The summed E-state index contributed by atoms with van der Waals surface area (Å²) in [5.74, 6) is 0.459. The monoisotopic (exact) mass is 503 g/mol. The van der Waals surface area contributed by atoms with E-state index in [1.54, 1.807) is 0 Å². The first-order valence-electron chi connectivity index (χ1n) is 13.1. The van der Waals surface area contributed by atoms with Crippen molar-refractivity contribution in [3.63, 3.8) is 0 Å². The molecule has 1 aromatic heterocycles. The number of aliphatic imine (C=N–C) groups is 1. The van der Waals surface area contributed by atoms with Crippen LogP contribution in [0.2, 0.25) is 5.02 Å². The van der Waals surface area contributed by atoms with Gasteiger partial charge in [-0.25, -0.2) is 0 Å². The van der Waals surface area contributed by atoms with Crippen LogP contribution in [0.3, 0.4) is 0 Å². The second kappa shape index (κ2) is 10.0. The van der Waals surface area contributed by atoms with E-state index in [9.17, 15) is 0 Å². The number of furan rings is 1. The minimum atomic E-state index is -0.0115. The maximum Gasteiger partial charge on any atom is 0.137 e. The number of fused-ring (bicyclic) bond motifs is 3. The molecule has 2 nitrogen and oxygen atoms in total. The lowest BCUT2D eigenvalue weighted by molar-refractivity contribution is 0.514. The molecule has 37 heavy (non-hydrogen) atoms. The van der Waals surface area contributed by atoms with Gasteiger partial charge in [-0.2, -0.15) is 0 Å². The molecule has 5 aromatic rings. The third-order valence-electron chi connectivity index (χ3n) is 7.62. The van der Waals surface area contributed by atoms with Crippen molar-refractivity contribution in [2.24, 2.45) is 16.8 Å². The van der Waals surface area contributed by atoms with Crippen molar-refractivity contribution in [3.8, 4) is 0 Å². The highest BCUT2D eigenvalue weighted by Crippen LogP contribution is 2.43. The Morgan fingerprint density at radius 1 is 0.865 bits per heavy atom. The van der Waals surface area contributed by atoms with Gasteiger partial charge < -0.3 is 4.42 Å². The average Bonchev–Trinajstić information content (AvgIpc) is 3.30. The fraction of sp³-hybridized carbons (Fsp3) is 0.206. The topological polar surface area (TPSA) is 25.5 Å². The normalized spacial score (nSPS) is 23.2. The Morgan fingerprint density at radius 3 is 2.32 bits per heavy atom. The molecule has 3 heteroatoms. The second-order valence-electron chi connectivity index (χ2n) is 9.97. The van der Waals surface area contributed by atoms with Gasteiger partial charge in [-0.1, -0.05) is 110 Å². The minimum absolute atomic E-state index is 0.0115.